The first kappa shape index (κ1) is 9.56. The maximum absolute atomic E-state index is 5.50. The highest BCUT2D eigenvalue weighted by Crippen LogP contribution is 2.12. The Balaban J connectivity index is 2.67. The molecule has 0 atom stereocenters. The van der Waals surface area contributed by atoms with Crippen LogP contribution in [0, 0.1) is 11.8 Å². The van der Waals surface area contributed by atoms with E-state index >= 15 is 0 Å². The van der Waals surface area contributed by atoms with Crippen LogP contribution in [0.25, 0.3) is 0 Å². The van der Waals surface area contributed by atoms with E-state index in [9.17, 15) is 0 Å². The van der Waals surface area contributed by atoms with Gasteiger partial charge in [0.05, 0.1) is 0 Å². The minimum atomic E-state index is 0.362. The second-order valence-electron chi connectivity index (χ2n) is 2.39. The molecule has 0 aliphatic heterocycles. The van der Waals surface area contributed by atoms with Crippen LogP contribution >= 0.6 is 0 Å². The van der Waals surface area contributed by atoms with Crippen molar-refractivity contribution in [2.24, 2.45) is 5.73 Å². The molecule has 0 amide bonds. The Kier molecular flexibility index (Phi) is 3.80. The van der Waals surface area contributed by atoms with Crippen LogP contribution in [0.3, 0.4) is 0 Å². The molecule has 0 bridgehead atoms. The van der Waals surface area contributed by atoms with Gasteiger partial charge in [-0.15, -0.1) is 5.92 Å². The van der Waals surface area contributed by atoms with Gasteiger partial charge in [0, 0.05) is 18.3 Å². The molecule has 2 N–H and O–H groups in total. The average Bonchev–Trinajstić information content (AvgIpc) is 2.19. The average molecular weight is 176 g/mol. The highest BCUT2D eigenvalue weighted by atomic mass is 16.5. The van der Waals surface area contributed by atoms with Gasteiger partial charge in [0.1, 0.15) is 0 Å². The van der Waals surface area contributed by atoms with Crippen LogP contribution in [-0.4, -0.2) is 11.6 Å². The molecule has 0 aliphatic carbocycles. The highest BCUT2D eigenvalue weighted by Gasteiger charge is 2.00. The zero-order chi connectivity index (χ0) is 9.52. The van der Waals surface area contributed by atoms with Gasteiger partial charge < -0.3 is 10.5 Å². The summed E-state index contributed by atoms with van der Waals surface area (Å²) in [5.74, 6) is 6.11. The van der Waals surface area contributed by atoms with Crippen LogP contribution in [0.1, 0.15) is 12.5 Å². The summed E-state index contributed by atoms with van der Waals surface area (Å²) in [6.45, 7) is 2.56. The minimum absolute atomic E-state index is 0.362. The van der Waals surface area contributed by atoms with Crippen LogP contribution in [0.5, 0.6) is 5.88 Å². The summed E-state index contributed by atoms with van der Waals surface area (Å²) in [4.78, 5) is 4.05. The monoisotopic (exact) mass is 176 g/mol. The van der Waals surface area contributed by atoms with Gasteiger partial charge in [-0.1, -0.05) is 12.0 Å². The quantitative estimate of drug-likeness (QED) is 0.697. The van der Waals surface area contributed by atoms with Crippen molar-refractivity contribution in [2.45, 2.75) is 13.5 Å². The molecule has 3 nitrogen and oxygen atoms in total. The number of rotatable bonds is 3. The fraction of sp³-hybridized carbons (Fsp3) is 0.300. The lowest BCUT2D eigenvalue weighted by Gasteiger charge is -2.04. The summed E-state index contributed by atoms with van der Waals surface area (Å²) in [6.07, 6.45) is 1.67. The third-order valence-corrected chi connectivity index (χ3v) is 1.53. The molecule has 0 aliphatic rings. The van der Waals surface area contributed by atoms with Crippen molar-refractivity contribution in [2.75, 3.05) is 6.61 Å². The molecule has 0 saturated carbocycles. The van der Waals surface area contributed by atoms with E-state index in [1.165, 1.54) is 0 Å². The van der Waals surface area contributed by atoms with Gasteiger partial charge in [0.25, 0.3) is 0 Å². The van der Waals surface area contributed by atoms with E-state index < -0.39 is 0 Å². The molecule has 0 aromatic carbocycles. The lowest BCUT2D eigenvalue weighted by atomic mass is 10.3. The molecule has 0 fully saturated rings. The SMILES string of the molecule is CC#CCOc1ncccc1CN. The molecule has 1 heterocycles. The number of ether oxygens (including phenoxy) is 1. The van der Waals surface area contributed by atoms with Gasteiger partial charge in [-0.2, -0.15) is 0 Å². The van der Waals surface area contributed by atoms with Crippen molar-refractivity contribution in [3.05, 3.63) is 23.9 Å². The van der Waals surface area contributed by atoms with E-state index in [0.29, 0.717) is 19.0 Å². The van der Waals surface area contributed by atoms with Gasteiger partial charge in [0.2, 0.25) is 5.88 Å². The molecule has 1 rings (SSSR count). The molecule has 13 heavy (non-hydrogen) atoms. The molecule has 1 aromatic heterocycles. The van der Waals surface area contributed by atoms with Gasteiger partial charge in [-0.3, -0.25) is 0 Å². The first-order valence-electron chi connectivity index (χ1n) is 4.05. The van der Waals surface area contributed by atoms with Crippen LogP contribution in [-0.2, 0) is 6.54 Å². The Morgan fingerprint density at radius 1 is 1.62 bits per heavy atom. The third kappa shape index (κ3) is 2.77. The number of aromatic nitrogens is 1. The summed E-state index contributed by atoms with van der Waals surface area (Å²) in [5.41, 5.74) is 6.40. The molecular formula is C10H12N2O. The molecule has 0 spiro atoms. The Morgan fingerprint density at radius 2 is 2.46 bits per heavy atom. The van der Waals surface area contributed by atoms with Crippen LogP contribution in [0.4, 0.5) is 0 Å². The van der Waals surface area contributed by atoms with Gasteiger partial charge in [0.15, 0.2) is 6.61 Å². The van der Waals surface area contributed by atoms with E-state index in [2.05, 4.69) is 16.8 Å². The second kappa shape index (κ2) is 5.18. The first-order chi connectivity index (χ1) is 6.38. The van der Waals surface area contributed by atoms with E-state index in [1.54, 1.807) is 13.1 Å². The normalized spacial score (nSPS) is 8.77. The van der Waals surface area contributed by atoms with Gasteiger partial charge in [-0.05, 0) is 13.0 Å². The van der Waals surface area contributed by atoms with Gasteiger partial charge >= 0.3 is 0 Å². The third-order valence-electron chi connectivity index (χ3n) is 1.53. The standard InChI is InChI=1S/C10H12N2O/c1-2-3-7-13-10-9(8-11)5-4-6-12-10/h4-6H,7-8,11H2,1H3. The molecule has 3 heteroatoms. The van der Waals surface area contributed by atoms with Crippen LogP contribution in [0.2, 0.25) is 0 Å². The van der Waals surface area contributed by atoms with E-state index in [4.69, 9.17) is 10.5 Å². The second-order valence-corrected chi connectivity index (χ2v) is 2.39. The fourth-order valence-electron chi connectivity index (χ4n) is 0.886. The van der Waals surface area contributed by atoms with Gasteiger partial charge in [-0.25, -0.2) is 4.98 Å². The number of hydrogen-bond donors (Lipinski definition) is 1. The molecule has 1 aromatic rings. The Morgan fingerprint density at radius 3 is 3.15 bits per heavy atom. The Bertz CT molecular complexity index is 325. The van der Waals surface area contributed by atoms with Crippen molar-refractivity contribution >= 4 is 0 Å². The largest absolute Gasteiger partial charge is 0.464 e. The molecule has 0 unspecified atom stereocenters. The maximum atomic E-state index is 5.50. The predicted molar refractivity (Wildman–Crippen MR) is 51.1 cm³/mol. The predicted octanol–water partition coefficient (Wildman–Crippen LogP) is 0.942. The fourth-order valence-corrected chi connectivity index (χ4v) is 0.886. The molecule has 0 saturated heterocycles. The van der Waals surface area contributed by atoms with Crippen molar-refractivity contribution in [3.63, 3.8) is 0 Å². The lowest BCUT2D eigenvalue weighted by molar-refractivity contribution is 0.351. The summed E-state index contributed by atoms with van der Waals surface area (Å²) in [5, 5.41) is 0. The zero-order valence-electron chi connectivity index (χ0n) is 7.58. The maximum Gasteiger partial charge on any atom is 0.218 e. The van der Waals surface area contributed by atoms with E-state index in [1.807, 2.05) is 12.1 Å². The summed E-state index contributed by atoms with van der Waals surface area (Å²) >= 11 is 0. The van der Waals surface area contributed by atoms with E-state index in [-0.39, 0.29) is 0 Å². The minimum Gasteiger partial charge on any atom is -0.464 e. The smallest absolute Gasteiger partial charge is 0.218 e. The van der Waals surface area contributed by atoms with Crippen LogP contribution in [0.15, 0.2) is 18.3 Å². The highest BCUT2D eigenvalue weighted by molar-refractivity contribution is 5.25. The Labute approximate surface area is 77.9 Å². The zero-order valence-corrected chi connectivity index (χ0v) is 7.58. The van der Waals surface area contributed by atoms with Crippen molar-refractivity contribution in [3.8, 4) is 17.7 Å². The lowest BCUT2D eigenvalue weighted by Crippen LogP contribution is -2.04. The summed E-state index contributed by atoms with van der Waals surface area (Å²) in [6, 6.07) is 3.72. The number of nitrogens with zero attached hydrogens (tertiary/aromatic N) is 1. The number of nitrogens with two attached hydrogens (primary N) is 1. The van der Waals surface area contributed by atoms with Crippen molar-refractivity contribution < 1.29 is 4.74 Å². The molecular weight excluding hydrogens is 164 g/mol. The number of pyridine rings is 1. The topological polar surface area (TPSA) is 48.1 Å². The first-order valence-corrected chi connectivity index (χ1v) is 4.05. The van der Waals surface area contributed by atoms with Crippen molar-refractivity contribution in [1.29, 1.82) is 0 Å². The summed E-state index contributed by atoms with van der Waals surface area (Å²) < 4.78 is 5.30. The van der Waals surface area contributed by atoms with Crippen molar-refractivity contribution in [1.82, 2.24) is 4.98 Å². The number of hydrogen-bond acceptors (Lipinski definition) is 3. The summed E-state index contributed by atoms with van der Waals surface area (Å²) in [7, 11) is 0. The molecule has 68 valence electrons. The van der Waals surface area contributed by atoms with Crippen LogP contribution < -0.4 is 10.5 Å². The van der Waals surface area contributed by atoms with E-state index in [0.717, 1.165) is 5.56 Å². The Hall–Kier alpha value is -1.53. The molecule has 0 radical (unpaired) electrons.